The lowest BCUT2D eigenvalue weighted by atomic mass is 10.1. The van der Waals surface area contributed by atoms with Crippen LogP contribution in [0.5, 0.6) is 0 Å². The van der Waals surface area contributed by atoms with E-state index in [1.807, 2.05) is 6.07 Å². The number of hydrogen-bond donors (Lipinski definition) is 1. The van der Waals surface area contributed by atoms with Gasteiger partial charge in [0.25, 0.3) is 0 Å². The molecule has 1 aromatic heterocycles. The molecule has 0 aliphatic carbocycles. The van der Waals surface area contributed by atoms with Crippen LogP contribution < -0.4 is 0 Å². The summed E-state index contributed by atoms with van der Waals surface area (Å²) in [6.45, 7) is 7.76. The Morgan fingerprint density at radius 1 is 1.21 bits per heavy atom. The van der Waals surface area contributed by atoms with Crippen LogP contribution in [-0.4, -0.2) is 48.0 Å². The smallest absolute Gasteiger partial charge is 0.0460 e. The fourth-order valence-electron chi connectivity index (χ4n) is 2.79. The number of fused-ring (bicyclic) bond motifs is 1. The maximum absolute atomic E-state index is 6.13. The second kappa shape index (κ2) is 5.16. The highest BCUT2D eigenvalue weighted by Gasteiger charge is 2.17. The van der Waals surface area contributed by atoms with Gasteiger partial charge in [0.15, 0.2) is 0 Å². The number of piperazine rings is 1. The molecule has 0 unspecified atom stereocenters. The average Bonchev–Trinajstić information content (AvgIpc) is 2.69. The quantitative estimate of drug-likeness (QED) is 0.912. The molecule has 0 amide bonds. The lowest BCUT2D eigenvalue weighted by Crippen LogP contribution is -2.43. The molecule has 4 heteroatoms. The zero-order valence-corrected chi connectivity index (χ0v) is 12.3. The highest BCUT2D eigenvalue weighted by molar-refractivity contribution is 6.31. The minimum absolute atomic E-state index is 0.811. The molecule has 1 fully saturated rings. The van der Waals surface area contributed by atoms with E-state index in [9.17, 15) is 0 Å². The van der Waals surface area contributed by atoms with Crippen molar-refractivity contribution in [1.29, 1.82) is 0 Å². The lowest BCUT2D eigenvalue weighted by molar-refractivity contribution is 0.148. The van der Waals surface area contributed by atoms with Gasteiger partial charge < -0.3 is 9.88 Å². The third-order valence-electron chi connectivity index (χ3n) is 4.06. The van der Waals surface area contributed by atoms with Crippen LogP contribution in [0.25, 0.3) is 10.9 Å². The number of rotatable bonds is 2. The Kier molecular flexibility index (Phi) is 3.52. The van der Waals surface area contributed by atoms with E-state index >= 15 is 0 Å². The van der Waals surface area contributed by atoms with Gasteiger partial charge in [-0.2, -0.15) is 0 Å². The van der Waals surface area contributed by atoms with Gasteiger partial charge in [-0.15, -0.1) is 0 Å². The zero-order valence-electron chi connectivity index (χ0n) is 11.5. The maximum atomic E-state index is 6.13. The number of H-pyrrole nitrogens is 1. The highest BCUT2D eigenvalue weighted by Crippen LogP contribution is 2.26. The van der Waals surface area contributed by atoms with Gasteiger partial charge in [-0.05, 0) is 37.7 Å². The summed E-state index contributed by atoms with van der Waals surface area (Å²) in [5.74, 6) is 0. The first kappa shape index (κ1) is 13.0. The number of aromatic nitrogens is 1. The Morgan fingerprint density at radius 3 is 2.68 bits per heavy atom. The van der Waals surface area contributed by atoms with Crippen LogP contribution in [-0.2, 0) is 6.54 Å². The molecule has 3 rings (SSSR count). The SMILES string of the molecule is Cc1[nH]c2ccc(Cl)cc2c1CN1CCN(C)CC1. The van der Waals surface area contributed by atoms with E-state index in [-0.39, 0.29) is 0 Å². The molecule has 1 aromatic carbocycles. The molecule has 2 heterocycles. The Labute approximate surface area is 119 Å². The average molecular weight is 278 g/mol. The summed E-state index contributed by atoms with van der Waals surface area (Å²) in [6, 6.07) is 6.09. The van der Waals surface area contributed by atoms with E-state index in [0.717, 1.165) is 37.7 Å². The number of halogens is 1. The fourth-order valence-corrected chi connectivity index (χ4v) is 2.96. The van der Waals surface area contributed by atoms with Crippen molar-refractivity contribution in [3.8, 4) is 0 Å². The van der Waals surface area contributed by atoms with Crippen LogP contribution >= 0.6 is 11.6 Å². The Morgan fingerprint density at radius 2 is 1.95 bits per heavy atom. The molecule has 19 heavy (non-hydrogen) atoms. The normalized spacial score (nSPS) is 18.3. The van der Waals surface area contributed by atoms with Gasteiger partial charge in [0.2, 0.25) is 0 Å². The van der Waals surface area contributed by atoms with Crippen LogP contribution in [0.2, 0.25) is 5.02 Å². The zero-order chi connectivity index (χ0) is 13.4. The van der Waals surface area contributed by atoms with Gasteiger partial charge in [-0.25, -0.2) is 0 Å². The summed E-state index contributed by atoms with van der Waals surface area (Å²) in [6.07, 6.45) is 0. The monoisotopic (exact) mass is 277 g/mol. The largest absolute Gasteiger partial charge is 0.358 e. The van der Waals surface area contributed by atoms with Crippen LogP contribution in [0.3, 0.4) is 0 Å². The first-order chi connectivity index (χ1) is 9.13. The van der Waals surface area contributed by atoms with Crippen LogP contribution in [0.4, 0.5) is 0 Å². The maximum Gasteiger partial charge on any atom is 0.0460 e. The number of nitrogens with one attached hydrogen (secondary N) is 1. The lowest BCUT2D eigenvalue weighted by Gasteiger charge is -2.32. The summed E-state index contributed by atoms with van der Waals surface area (Å²) in [5, 5.41) is 2.08. The van der Waals surface area contributed by atoms with Crippen molar-refractivity contribution in [1.82, 2.24) is 14.8 Å². The number of likely N-dealkylation sites (N-methyl/N-ethyl adjacent to an activating group) is 1. The molecule has 102 valence electrons. The van der Waals surface area contributed by atoms with E-state index in [4.69, 9.17) is 11.6 Å². The Bertz CT molecular complexity index is 582. The molecule has 1 N–H and O–H groups in total. The molecule has 0 bridgehead atoms. The Hall–Kier alpha value is -1.03. The number of benzene rings is 1. The molecule has 2 aromatic rings. The predicted molar refractivity (Wildman–Crippen MR) is 80.8 cm³/mol. The topological polar surface area (TPSA) is 22.3 Å². The van der Waals surface area contributed by atoms with Gasteiger partial charge in [-0.3, -0.25) is 4.90 Å². The van der Waals surface area contributed by atoms with Gasteiger partial charge in [-0.1, -0.05) is 11.6 Å². The number of hydrogen-bond acceptors (Lipinski definition) is 2. The van der Waals surface area contributed by atoms with Gasteiger partial charge in [0.1, 0.15) is 0 Å². The molecule has 0 radical (unpaired) electrons. The first-order valence-electron chi connectivity index (χ1n) is 6.81. The van der Waals surface area contributed by atoms with E-state index in [0.29, 0.717) is 0 Å². The Balaban J connectivity index is 1.87. The van der Waals surface area contributed by atoms with Crippen molar-refractivity contribution < 1.29 is 0 Å². The van der Waals surface area contributed by atoms with Crippen molar-refractivity contribution in [2.24, 2.45) is 0 Å². The molecular weight excluding hydrogens is 258 g/mol. The molecule has 0 atom stereocenters. The minimum atomic E-state index is 0.811. The predicted octanol–water partition coefficient (Wildman–Crippen LogP) is 2.88. The van der Waals surface area contributed by atoms with Crippen LogP contribution in [0, 0.1) is 6.92 Å². The van der Waals surface area contributed by atoms with E-state index in [1.54, 1.807) is 0 Å². The summed E-state index contributed by atoms with van der Waals surface area (Å²) < 4.78 is 0. The summed E-state index contributed by atoms with van der Waals surface area (Å²) >= 11 is 6.13. The molecule has 1 aliphatic rings. The number of aryl methyl sites for hydroxylation is 1. The van der Waals surface area contributed by atoms with Crippen LogP contribution in [0.1, 0.15) is 11.3 Å². The van der Waals surface area contributed by atoms with Crippen molar-refractivity contribution in [3.05, 3.63) is 34.5 Å². The molecule has 3 nitrogen and oxygen atoms in total. The van der Waals surface area contributed by atoms with E-state index < -0.39 is 0 Å². The van der Waals surface area contributed by atoms with Crippen molar-refractivity contribution in [3.63, 3.8) is 0 Å². The molecular formula is C15H20ClN3. The first-order valence-corrected chi connectivity index (χ1v) is 7.19. The standard InChI is InChI=1S/C15H20ClN3/c1-11-14(10-19-7-5-18(2)6-8-19)13-9-12(16)3-4-15(13)17-11/h3-4,9,17H,5-8,10H2,1-2H3. The number of nitrogens with zero attached hydrogens (tertiary/aromatic N) is 2. The molecule has 0 spiro atoms. The third-order valence-corrected chi connectivity index (χ3v) is 4.29. The summed E-state index contributed by atoms with van der Waals surface area (Å²) in [5.41, 5.74) is 3.84. The summed E-state index contributed by atoms with van der Waals surface area (Å²) in [7, 11) is 2.19. The third kappa shape index (κ3) is 2.64. The molecule has 1 saturated heterocycles. The van der Waals surface area contributed by atoms with Gasteiger partial charge in [0.05, 0.1) is 0 Å². The van der Waals surface area contributed by atoms with Gasteiger partial charge in [0, 0.05) is 54.3 Å². The second-order valence-electron chi connectivity index (χ2n) is 5.50. The van der Waals surface area contributed by atoms with E-state index in [1.165, 1.54) is 22.2 Å². The van der Waals surface area contributed by atoms with Crippen molar-refractivity contribution in [2.45, 2.75) is 13.5 Å². The fraction of sp³-hybridized carbons (Fsp3) is 0.467. The number of aromatic amines is 1. The van der Waals surface area contributed by atoms with Crippen LogP contribution in [0.15, 0.2) is 18.2 Å². The molecule has 1 aliphatic heterocycles. The molecule has 0 saturated carbocycles. The summed E-state index contributed by atoms with van der Waals surface area (Å²) in [4.78, 5) is 8.37. The van der Waals surface area contributed by atoms with E-state index in [2.05, 4.69) is 40.9 Å². The van der Waals surface area contributed by atoms with Crippen molar-refractivity contribution in [2.75, 3.05) is 33.2 Å². The highest BCUT2D eigenvalue weighted by atomic mass is 35.5. The van der Waals surface area contributed by atoms with Crippen molar-refractivity contribution >= 4 is 22.5 Å². The van der Waals surface area contributed by atoms with Gasteiger partial charge >= 0.3 is 0 Å². The minimum Gasteiger partial charge on any atom is -0.358 e. The second-order valence-corrected chi connectivity index (χ2v) is 5.93.